The van der Waals surface area contributed by atoms with Gasteiger partial charge in [-0.05, 0) is 61.7 Å². The number of rotatable bonds is 5. The van der Waals surface area contributed by atoms with Crippen molar-refractivity contribution >= 4 is 40.8 Å². The second-order valence-corrected chi connectivity index (χ2v) is 10.2. The molecule has 1 aliphatic rings. The van der Waals surface area contributed by atoms with Gasteiger partial charge in [-0.1, -0.05) is 67.8 Å². The highest BCUT2D eigenvalue weighted by Crippen LogP contribution is 2.33. The molecular weight excluding hydrogens is 476 g/mol. The minimum absolute atomic E-state index is 0.0213. The van der Waals surface area contributed by atoms with E-state index < -0.39 is 17.8 Å². The number of aryl methyl sites for hydroxylation is 2. The minimum atomic E-state index is -0.596. The number of anilines is 2. The Morgan fingerprint density at radius 2 is 1.47 bits per heavy atom. The van der Waals surface area contributed by atoms with Gasteiger partial charge in [-0.3, -0.25) is 9.59 Å². The van der Waals surface area contributed by atoms with Crippen LogP contribution in [-0.2, 0) is 15.0 Å². The molecule has 0 aromatic heterocycles. The van der Waals surface area contributed by atoms with Crippen molar-refractivity contribution in [2.45, 2.75) is 40.0 Å². The van der Waals surface area contributed by atoms with E-state index in [1.807, 2.05) is 38.1 Å². The van der Waals surface area contributed by atoms with E-state index in [-0.39, 0.29) is 16.1 Å². The molecule has 0 fully saturated rings. The average Bonchev–Trinajstić information content (AvgIpc) is 3.03. The van der Waals surface area contributed by atoms with Crippen LogP contribution < -0.4 is 15.0 Å². The Labute approximate surface area is 215 Å². The van der Waals surface area contributed by atoms with Crippen LogP contribution >= 0.6 is 11.6 Å². The van der Waals surface area contributed by atoms with E-state index in [0.29, 0.717) is 22.7 Å². The third-order valence-electron chi connectivity index (χ3n) is 5.86. The topological polar surface area (TPSA) is 75.7 Å². The first kappa shape index (κ1) is 25.2. The first-order valence-electron chi connectivity index (χ1n) is 11.5. The van der Waals surface area contributed by atoms with Crippen molar-refractivity contribution in [3.63, 3.8) is 0 Å². The molecule has 3 aromatic carbocycles. The maximum Gasteiger partial charge on any atom is 0.343 e. The molecule has 0 spiro atoms. The molecule has 7 heteroatoms. The van der Waals surface area contributed by atoms with Crippen LogP contribution in [0.4, 0.5) is 11.4 Å². The first-order valence-corrected chi connectivity index (χ1v) is 11.9. The van der Waals surface area contributed by atoms with Crippen molar-refractivity contribution in [3.8, 4) is 5.75 Å². The van der Waals surface area contributed by atoms with Gasteiger partial charge >= 0.3 is 5.97 Å². The first-order chi connectivity index (χ1) is 17.0. The fourth-order valence-corrected chi connectivity index (χ4v) is 4.06. The van der Waals surface area contributed by atoms with Gasteiger partial charge in [-0.2, -0.15) is 0 Å². The van der Waals surface area contributed by atoms with E-state index in [4.69, 9.17) is 16.3 Å². The summed E-state index contributed by atoms with van der Waals surface area (Å²) in [4.78, 5) is 39.5. The third-order valence-corrected chi connectivity index (χ3v) is 6.21. The third kappa shape index (κ3) is 5.04. The molecule has 1 heterocycles. The molecule has 0 atom stereocenters. The van der Waals surface area contributed by atoms with Crippen molar-refractivity contribution in [3.05, 3.63) is 99.7 Å². The summed E-state index contributed by atoms with van der Waals surface area (Å²) in [6.07, 6.45) is 0. The number of carbonyl (C=O) groups excluding carboxylic acids is 3. The highest BCUT2D eigenvalue weighted by atomic mass is 35.5. The summed E-state index contributed by atoms with van der Waals surface area (Å²) >= 11 is 6.21. The SMILES string of the molecule is Cc1ccc(N2C(=O)C(Cl)=C(Nc3ccc(C(=O)Oc4ccc(C)cc4C(C)(C)C)cc3)C2=O)cc1. The molecule has 0 radical (unpaired) electrons. The van der Waals surface area contributed by atoms with Gasteiger partial charge in [-0.25, -0.2) is 9.69 Å². The molecule has 3 aromatic rings. The molecule has 0 unspecified atom stereocenters. The number of hydrogen-bond acceptors (Lipinski definition) is 5. The molecule has 0 bridgehead atoms. The summed E-state index contributed by atoms with van der Waals surface area (Å²) in [5.74, 6) is -1.12. The maximum atomic E-state index is 13.0. The lowest BCUT2D eigenvalue weighted by Gasteiger charge is -2.22. The Kier molecular flexibility index (Phi) is 6.74. The van der Waals surface area contributed by atoms with Gasteiger partial charge in [0.2, 0.25) is 0 Å². The molecule has 36 heavy (non-hydrogen) atoms. The average molecular weight is 503 g/mol. The van der Waals surface area contributed by atoms with E-state index in [0.717, 1.165) is 21.6 Å². The van der Waals surface area contributed by atoms with Crippen molar-refractivity contribution in [1.82, 2.24) is 0 Å². The van der Waals surface area contributed by atoms with Crippen LogP contribution in [0, 0.1) is 13.8 Å². The van der Waals surface area contributed by atoms with E-state index in [2.05, 4.69) is 26.1 Å². The second-order valence-electron chi connectivity index (χ2n) is 9.81. The number of benzene rings is 3. The second kappa shape index (κ2) is 9.63. The van der Waals surface area contributed by atoms with Gasteiger partial charge in [0.25, 0.3) is 11.8 Å². The Bertz CT molecular complexity index is 1380. The number of ether oxygens (including phenoxy) is 1. The Hall–Kier alpha value is -3.90. The van der Waals surface area contributed by atoms with Gasteiger partial charge in [-0.15, -0.1) is 0 Å². The number of halogens is 1. The van der Waals surface area contributed by atoms with E-state index in [9.17, 15) is 14.4 Å². The number of nitrogens with one attached hydrogen (secondary N) is 1. The molecule has 4 rings (SSSR count). The molecule has 1 N–H and O–H groups in total. The molecular formula is C29H27ClN2O4. The minimum Gasteiger partial charge on any atom is -0.423 e. The fourth-order valence-electron chi connectivity index (χ4n) is 3.85. The maximum absolute atomic E-state index is 13.0. The largest absolute Gasteiger partial charge is 0.423 e. The lowest BCUT2D eigenvalue weighted by atomic mass is 9.85. The normalized spacial score (nSPS) is 13.9. The number of esters is 1. The van der Waals surface area contributed by atoms with Crippen molar-refractivity contribution in [2.75, 3.05) is 10.2 Å². The highest BCUT2D eigenvalue weighted by molar-refractivity contribution is 6.53. The molecule has 6 nitrogen and oxygen atoms in total. The quantitative estimate of drug-likeness (QED) is 0.253. The number of imide groups is 1. The molecule has 1 aliphatic heterocycles. The van der Waals surface area contributed by atoms with Crippen LogP contribution in [0.15, 0.2) is 77.5 Å². The van der Waals surface area contributed by atoms with Gasteiger partial charge in [0.05, 0.1) is 11.3 Å². The number of amides is 2. The zero-order valence-electron chi connectivity index (χ0n) is 20.8. The number of carbonyl (C=O) groups is 3. The van der Waals surface area contributed by atoms with Crippen LogP contribution in [0.25, 0.3) is 0 Å². The Morgan fingerprint density at radius 1 is 0.861 bits per heavy atom. The molecule has 184 valence electrons. The van der Waals surface area contributed by atoms with Crippen molar-refractivity contribution in [1.29, 1.82) is 0 Å². The summed E-state index contributed by atoms with van der Waals surface area (Å²) in [6, 6.07) is 19.2. The summed E-state index contributed by atoms with van der Waals surface area (Å²) in [7, 11) is 0. The molecule has 0 saturated heterocycles. The predicted octanol–water partition coefficient (Wildman–Crippen LogP) is 6.26. The standard InChI is InChI=1S/C29H27ClN2O4/c1-17-6-13-21(14-7-17)32-26(33)24(30)25(27(32)34)31-20-11-9-19(10-12-20)28(35)36-23-15-8-18(2)16-22(23)29(3,4)5/h6-16,31H,1-5H3. The lowest BCUT2D eigenvalue weighted by Crippen LogP contribution is -2.32. The zero-order chi connectivity index (χ0) is 26.2. The fraction of sp³-hybridized carbons (Fsp3) is 0.207. The zero-order valence-corrected chi connectivity index (χ0v) is 21.6. The van der Waals surface area contributed by atoms with Crippen LogP contribution in [0.3, 0.4) is 0 Å². The summed E-state index contributed by atoms with van der Waals surface area (Å²) < 4.78 is 5.71. The van der Waals surface area contributed by atoms with Gasteiger partial charge in [0.15, 0.2) is 0 Å². The number of hydrogen-bond donors (Lipinski definition) is 1. The summed E-state index contributed by atoms with van der Waals surface area (Å²) in [6.45, 7) is 10.1. The van der Waals surface area contributed by atoms with Gasteiger partial charge in [0, 0.05) is 11.3 Å². The Balaban J connectivity index is 1.50. The summed E-state index contributed by atoms with van der Waals surface area (Å²) in [5.41, 5.74) is 4.10. The van der Waals surface area contributed by atoms with E-state index in [1.54, 1.807) is 42.5 Å². The molecule has 2 amide bonds. The van der Waals surface area contributed by atoms with Gasteiger partial charge in [0.1, 0.15) is 16.5 Å². The van der Waals surface area contributed by atoms with E-state index >= 15 is 0 Å². The predicted molar refractivity (Wildman–Crippen MR) is 141 cm³/mol. The van der Waals surface area contributed by atoms with Crippen molar-refractivity contribution in [2.24, 2.45) is 0 Å². The van der Waals surface area contributed by atoms with Crippen LogP contribution in [-0.4, -0.2) is 17.8 Å². The molecule has 0 saturated carbocycles. The highest BCUT2D eigenvalue weighted by Gasteiger charge is 2.38. The van der Waals surface area contributed by atoms with Crippen LogP contribution in [0.5, 0.6) is 5.75 Å². The van der Waals surface area contributed by atoms with E-state index in [1.165, 1.54) is 0 Å². The molecule has 0 aliphatic carbocycles. The number of nitrogens with zero attached hydrogens (tertiary/aromatic N) is 1. The summed E-state index contributed by atoms with van der Waals surface area (Å²) in [5, 5.41) is 2.72. The van der Waals surface area contributed by atoms with Crippen LogP contribution in [0.1, 0.15) is 47.8 Å². The van der Waals surface area contributed by atoms with Crippen molar-refractivity contribution < 1.29 is 19.1 Å². The lowest BCUT2D eigenvalue weighted by molar-refractivity contribution is -0.120. The van der Waals surface area contributed by atoms with Crippen LogP contribution in [0.2, 0.25) is 0 Å². The monoisotopic (exact) mass is 502 g/mol. The Morgan fingerprint density at radius 3 is 2.08 bits per heavy atom. The smallest absolute Gasteiger partial charge is 0.343 e. The van der Waals surface area contributed by atoms with Gasteiger partial charge < -0.3 is 10.1 Å².